The van der Waals surface area contributed by atoms with Crippen molar-refractivity contribution in [3.8, 4) is 0 Å². The molecule has 2 N–H and O–H groups in total. The van der Waals surface area contributed by atoms with Crippen LogP contribution in [0.15, 0.2) is 29.8 Å². The van der Waals surface area contributed by atoms with Crippen LogP contribution in [0.4, 0.5) is 5.69 Å². The summed E-state index contributed by atoms with van der Waals surface area (Å²) >= 11 is 1.78. The van der Waals surface area contributed by atoms with Gasteiger partial charge in [-0.3, -0.25) is 14.6 Å². The molecule has 1 saturated heterocycles. The predicted octanol–water partition coefficient (Wildman–Crippen LogP) is 1.65. The number of pyridine rings is 1. The van der Waals surface area contributed by atoms with E-state index in [0.29, 0.717) is 6.54 Å². The Morgan fingerprint density at radius 1 is 1.28 bits per heavy atom. The van der Waals surface area contributed by atoms with Crippen molar-refractivity contribution in [2.75, 3.05) is 24.5 Å². The highest BCUT2D eigenvalue weighted by molar-refractivity contribution is 7.10. The van der Waals surface area contributed by atoms with Crippen molar-refractivity contribution in [2.24, 2.45) is 11.7 Å². The zero-order valence-corrected chi connectivity index (χ0v) is 14.7. The van der Waals surface area contributed by atoms with Crippen LogP contribution in [0.3, 0.4) is 0 Å². The number of primary amides is 1. The molecule has 130 valence electrons. The van der Waals surface area contributed by atoms with Crippen molar-refractivity contribution >= 4 is 28.8 Å². The third-order valence-corrected chi connectivity index (χ3v) is 6.04. The van der Waals surface area contributed by atoms with E-state index < -0.39 is 5.91 Å². The van der Waals surface area contributed by atoms with Crippen molar-refractivity contribution < 1.29 is 9.59 Å². The summed E-state index contributed by atoms with van der Waals surface area (Å²) in [5.41, 5.74) is 7.75. The molecule has 0 aromatic carbocycles. The van der Waals surface area contributed by atoms with E-state index in [9.17, 15) is 9.59 Å². The van der Waals surface area contributed by atoms with E-state index in [1.165, 1.54) is 10.4 Å². The Labute approximate surface area is 150 Å². The quantitative estimate of drug-likeness (QED) is 0.907. The second-order valence-corrected chi connectivity index (χ2v) is 7.57. The third-order valence-electron chi connectivity index (χ3n) is 5.02. The van der Waals surface area contributed by atoms with Crippen LogP contribution in [0.2, 0.25) is 0 Å². The number of carbonyl (C=O) groups excluding carboxylic acids is 2. The number of amides is 2. The Balaban J connectivity index is 1.43. The normalized spacial score (nSPS) is 19.8. The van der Waals surface area contributed by atoms with E-state index in [0.717, 1.165) is 38.2 Å². The summed E-state index contributed by atoms with van der Waals surface area (Å²) in [6.45, 7) is 3.02. The van der Waals surface area contributed by atoms with Gasteiger partial charge in [-0.1, -0.05) is 0 Å². The maximum atomic E-state index is 12.9. The first-order chi connectivity index (χ1) is 12.1. The number of hydrogen-bond acceptors (Lipinski definition) is 5. The van der Waals surface area contributed by atoms with Crippen LogP contribution >= 0.6 is 11.3 Å². The summed E-state index contributed by atoms with van der Waals surface area (Å²) in [6, 6.07) is 5.69. The summed E-state index contributed by atoms with van der Waals surface area (Å²) in [7, 11) is 0. The largest absolute Gasteiger partial charge is 0.371 e. The second kappa shape index (κ2) is 6.48. The molecule has 2 amide bonds. The maximum Gasteiger partial charge on any atom is 0.267 e. The van der Waals surface area contributed by atoms with Gasteiger partial charge in [-0.05, 0) is 42.0 Å². The molecule has 4 rings (SSSR count). The van der Waals surface area contributed by atoms with Gasteiger partial charge in [0.25, 0.3) is 5.91 Å². The standard InChI is InChI=1S/C18H20N4O2S/c19-17(23)15-9-14(1-5-20-15)21-6-2-13(11-21)18(24)22-7-3-16-12(10-22)4-8-25-16/h1,4-5,8-9,13H,2-3,6-7,10-11H2,(H2,19,23). The topological polar surface area (TPSA) is 79.5 Å². The zero-order chi connectivity index (χ0) is 17.4. The third kappa shape index (κ3) is 3.11. The smallest absolute Gasteiger partial charge is 0.267 e. The lowest BCUT2D eigenvalue weighted by atomic mass is 10.0. The average Bonchev–Trinajstić information content (AvgIpc) is 3.30. The van der Waals surface area contributed by atoms with Crippen LogP contribution in [0, 0.1) is 5.92 Å². The van der Waals surface area contributed by atoms with E-state index in [1.807, 2.05) is 11.0 Å². The van der Waals surface area contributed by atoms with Crippen molar-refractivity contribution in [1.29, 1.82) is 0 Å². The molecule has 1 fully saturated rings. The van der Waals surface area contributed by atoms with Crippen LogP contribution in [0.1, 0.15) is 27.3 Å². The van der Waals surface area contributed by atoms with E-state index >= 15 is 0 Å². The molecule has 1 atom stereocenters. The SMILES string of the molecule is NC(=O)c1cc(N2CCC(C(=O)N3CCc4sccc4C3)C2)ccn1. The molecule has 2 aromatic heterocycles. The lowest BCUT2D eigenvalue weighted by molar-refractivity contribution is -0.135. The summed E-state index contributed by atoms with van der Waals surface area (Å²) in [4.78, 5) is 33.7. The fourth-order valence-corrected chi connectivity index (χ4v) is 4.53. The lowest BCUT2D eigenvalue weighted by Gasteiger charge is -2.29. The van der Waals surface area contributed by atoms with Crippen LogP contribution in [-0.4, -0.2) is 41.3 Å². The van der Waals surface area contributed by atoms with Gasteiger partial charge < -0.3 is 15.5 Å². The van der Waals surface area contributed by atoms with E-state index in [-0.39, 0.29) is 17.5 Å². The average molecular weight is 356 g/mol. The molecule has 0 saturated carbocycles. The molecule has 4 heterocycles. The Morgan fingerprint density at radius 2 is 2.16 bits per heavy atom. The van der Waals surface area contributed by atoms with Gasteiger partial charge in [0.15, 0.2) is 0 Å². The van der Waals surface area contributed by atoms with Crippen LogP contribution in [0.25, 0.3) is 0 Å². The molecule has 2 aliphatic heterocycles. The van der Waals surface area contributed by atoms with Crippen molar-refractivity contribution in [3.63, 3.8) is 0 Å². The fraction of sp³-hybridized carbons (Fsp3) is 0.389. The highest BCUT2D eigenvalue weighted by atomic mass is 32.1. The molecule has 7 heteroatoms. The summed E-state index contributed by atoms with van der Waals surface area (Å²) in [5, 5.41) is 2.11. The van der Waals surface area contributed by atoms with Gasteiger partial charge >= 0.3 is 0 Å². The first kappa shape index (κ1) is 16.1. The number of rotatable bonds is 3. The first-order valence-electron chi connectivity index (χ1n) is 8.46. The molecular weight excluding hydrogens is 336 g/mol. The number of nitrogens with two attached hydrogens (primary N) is 1. The predicted molar refractivity (Wildman–Crippen MR) is 96.5 cm³/mol. The number of thiophene rings is 1. The minimum atomic E-state index is -0.534. The zero-order valence-electron chi connectivity index (χ0n) is 13.9. The number of aromatic nitrogens is 1. The van der Waals surface area contributed by atoms with Gasteiger partial charge in [0.1, 0.15) is 5.69 Å². The second-order valence-electron chi connectivity index (χ2n) is 6.57. The minimum Gasteiger partial charge on any atom is -0.371 e. The van der Waals surface area contributed by atoms with Crippen molar-refractivity contribution in [2.45, 2.75) is 19.4 Å². The highest BCUT2D eigenvalue weighted by Crippen LogP contribution is 2.29. The molecule has 2 aromatic rings. The number of anilines is 1. The first-order valence-corrected chi connectivity index (χ1v) is 9.34. The maximum absolute atomic E-state index is 12.9. The van der Waals surface area contributed by atoms with Gasteiger partial charge in [0.2, 0.25) is 5.91 Å². The monoisotopic (exact) mass is 356 g/mol. The number of fused-ring (bicyclic) bond motifs is 1. The van der Waals surface area contributed by atoms with Gasteiger partial charge in [-0.25, -0.2) is 0 Å². The van der Waals surface area contributed by atoms with Crippen molar-refractivity contribution in [3.05, 3.63) is 45.9 Å². The molecule has 6 nitrogen and oxygen atoms in total. The Bertz CT molecular complexity index is 819. The van der Waals surface area contributed by atoms with Crippen LogP contribution < -0.4 is 10.6 Å². The van der Waals surface area contributed by atoms with Gasteiger partial charge in [0, 0.05) is 42.9 Å². The molecular formula is C18H20N4O2S. The molecule has 0 spiro atoms. The number of nitrogens with zero attached hydrogens (tertiary/aromatic N) is 3. The molecule has 0 aliphatic carbocycles. The molecule has 2 aliphatic rings. The van der Waals surface area contributed by atoms with Crippen LogP contribution in [0.5, 0.6) is 0 Å². The van der Waals surface area contributed by atoms with E-state index in [1.54, 1.807) is 23.6 Å². The highest BCUT2D eigenvalue weighted by Gasteiger charge is 2.33. The summed E-state index contributed by atoms with van der Waals surface area (Å²) < 4.78 is 0. The Morgan fingerprint density at radius 3 is 3.00 bits per heavy atom. The number of hydrogen-bond donors (Lipinski definition) is 1. The lowest BCUT2D eigenvalue weighted by Crippen LogP contribution is -2.40. The fourth-order valence-electron chi connectivity index (χ4n) is 3.64. The Kier molecular flexibility index (Phi) is 4.17. The summed E-state index contributed by atoms with van der Waals surface area (Å²) in [5.74, 6) is -0.289. The molecule has 25 heavy (non-hydrogen) atoms. The van der Waals surface area contributed by atoms with Gasteiger partial charge in [-0.2, -0.15) is 0 Å². The number of carbonyl (C=O) groups is 2. The van der Waals surface area contributed by atoms with Gasteiger partial charge in [-0.15, -0.1) is 11.3 Å². The van der Waals surface area contributed by atoms with E-state index in [2.05, 4.69) is 21.3 Å². The van der Waals surface area contributed by atoms with Gasteiger partial charge in [0.05, 0.1) is 5.92 Å². The summed E-state index contributed by atoms with van der Waals surface area (Å²) in [6.07, 6.45) is 3.38. The van der Waals surface area contributed by atoms with Crippen molar-refractivity contribution in [1.82, 2.24) is 9.88 Å². The molecule has 0 bridgehead atoms. The molecule has 1 unspecified atom stereocenters. The van der Waals surface area contributed by atoms with E-state index in [4.69, 9.17) is 5.73 Å². The minimum absolute atomic E-state index is 0.00498. The molecule has 0 radical (unpaired) electrons. The Hall–Kier alpha value is -2.41. The van der Waals surface area contributed by atoms with Crippen LogP contribution in [-0.2, 0) is 17.8 Å².